The Labute approximate surface area is 116 Å². The molecule has 0 fully saturated rings. The van der Waals surface area contributed by atoms with Crippen LogP contribution < -0.4 is 4.90 Å². The number of ketones is 1. The smallest absolute Gasteiger partial charge is 0.299 e. The highest BCUT2D eigenvalue weighted by Gasteiger charge is 2.36. The van der Waals surface area contributed by atoms with Crippen LogP contribution in [-0.2, 0) is 11.3 Å². The average molecular weight is 269 g/mol. The van der Waals surface area contributed by atoms with Gasteiger partial charge < -0.3 is 9.47 Å². The Morgan fingerprint density at radius 1 is 1.15 bits per heavy atom. The molecule has 5 heteroatoms. The SMILES string of the molecule is Cc1ccc2c(c1C)N(CCn1ccnc1)C(=O)C2=O. The Morgan fingerprint density at radius 2 is 1.95 bits per heavy atom. The van der Waals surface area contributed by atoms with E-state index in [1.54, 1.807) is 23.5 Å². The highest BCUT2D eigenvalue weighted by atomic mass is 16.2. The molecule has 0 atom stereocenters. The largest absolute Gasteiger partial charge is 0.336 e. The summed E-state index contributed by atoms with van der Waals surface area (Å²) in [4.78, 5) is 29.7. The summed E-state index contributed by atoms with van der Waals surface area (Å²) in [5.41, 5.74) is 3.36. The number of carbonyl (C=O) groups is 2. The lowest BCUT2D eigenvalue weighted by molar-refractivity contribution is -0.114. The topological polar surface area (TPSA) is 55.2 Å². The number of aryl methyl sites for hydroxylation is 1. The van der Waals surface area contributed by atoms with Crippen molar-refractivity contribution in [2.45, 2.75) is 20.4 Å². The minimum absolute atomic E-state index is 0.409. The zero-order valence-corrected chi connectivity index (χ0v) is 11.5. The first-order chi connectivity index (χ1) is 9.59. The van der Waals surface area contributed by atoms with E-state index in [1.165, 1.54) is 0 Å². The molecule has 0 N–H and O–H groups in total. The van der Waals surface area contributed by atoms with Gasteiger partial charge in [-0.2, -0.15) is 0 Å². The van der Waals surface area contributed by atoms with Gasteiger partial charge in [-0.05, 0) is 31.0 Å². The minimum Gasteiger partial charge on any atom is -0.336 e. The molecule has 0 bridgehead atoms. The Bertz CT molecular complexity index is 689. The maximum absolute atomic E-state index is 12.1. The molecule has 5 nitrogen and oxygen atoms in total. The van der Waals surface area contributed by atoms with E-state index in [0.717, 1.165) is 16.8 Å². The third kappa shape index (κ3) is 1.82. The lowest BCUT2D eigenvalue weighted by atomic mass is 10.0. The van der Waals surface area contributed by atoms with Crippen LogP contribution in [0.15, 0.2) is 30.9 Å². The molecular formula is C15H15N3O2. The van der Waals surface area contributed by atoms with Crippen molar-refractivity contribution in [3.05, 3.63) is 47.5 Å². The fraction of sp³-hybridized carbons (Fsp3) is 0.267. The summed E-state index contributed by atoms with van der Waals surface area (Å²) >= 11 is 0. The normalized spacial score (nSPS) is 14.0. The predicted molar refractivity (Wildman–Crippen MR) is 74.8 cm³/mol. The van der Waals surface area contributed by atoms with Crippen LogP contribution in [0.4, 0.5) is 5.69 Å². The molecule has 1 amide bonds. The number of amides is 1. The second kappa shape index (κ2) is 4.59. The maximum Gasteiger partial charge on any atom is 0.299 e. The van der Waals surface area contributed by atoms with E-state index < -0.39 is 11.7 Å². The van der Waals surface area contributed by atoms with Gasteiger partial charge in [0.05, 0.1) is 17.6 Å². The standard InChI is InChI=1S/C15H15N3O2/c1-10-3-4-12-13(11(10)2)18(15(20)14(12)19)8-7-17-6-5-16-9-17/h3-6,9H,7-8H2,1-2H3. The number of carbonyl (C=O) groups excluding carboxylic acids is 2. The Kier molecular flexibility index (Phi) is 2.89. The number of imidazole rings is 1. The van der Waals surface area contributed by atoms with Gasteiger partial charge in [0.15, 0.2) is 0 Å². The van der Waals surface area contributed by atoms with E-state index >= 15 is 0 Å². The van der Waals surface area contributed by atoms with Crippen molar-refractivity contribution < 1.29 is 9.59 Å². The Balaban J connectivity index is 1.95. The van der Waals surface area contributed by atoms with E-state index in [9.17, 15) is 9.59 Å². The summed E-state index contributed by atoms with van der Waals surface area (Å²) in [5, 5.41) is 0. The number of fused-ring (bicyclic) bond motifs is 1. The molecule has 0 saturated heterocycles. The van der Waals surface area contributed by atoms with E-state index in [2.05, 4.69) is 4.98 Å². The van der Waals surface area contributed by atoms with E-state index in [1.807, 2.05) is 30.7 Å². The summed E-state index contributed by atoms with van der Waals surface area (Å²) in [6.45, 7) is 5.02. The molecule has 2 aromatic rings. The van der Waals surface area contributed by atoms with Crippen LogP contribution in [0.1, 0.15) is 21.5 Å². The zero-order valence-electron chi connectivity index (χ0n) is 11.5. The van der Waals surface area contributed by atoms with Gasteiger partial charge in [0.25, 0.3) is 11.7 Å². The fourth-order valence-corrected chi connectivity index (χ4v) is 2.52. The number of hydrogen-bond acceptors (Lipinski definition) is 3. The van der Waals surface area contributed by atoms with Crippen molar-refractivity contribution in [3.8, 4) is 0 Å². The quantitative estimate of drug-likeness (QED) is 0.797. The third-order valence-electron chi connectivity index (χ3n) is 3.80. The van der Waals surface area contributed by atoms with E-state index in [0.29, 0.717) is 18.7 Å². The molecule has 0 radical (unpaired) electrons. The van der Waals surface area contributed by atoms with E-state index in [4.69, 9.17) is 0 Å². The molecule has 1 aromatic heterocycles. The molecule has 102 valence electrons. The Hall–Kier alpha value is -2.43. The van der Waals surface area contributed by atoms with Gasteiger partial charge in [-0.3, -0.25) is 9.59 Å². The lowest BCUT2D eigenvalue weighted by Gasteiger charge is -2.19. The van der Waals surface area contributed by atoms with Gasteiger partial charge in [0.2, 0.25) is 0 Å². The highest BCUT2D eigenvalue weighted by Crippen LogP contribution is 2.33. The van der Waals surface area contributed by atoms with Gasteiger partial charge in [0.1, 0.15) is 0 Å². The molecule has 0 unspecified atom stereocenters. The predicted octanol–water partition coefficient (Wildman–Crippen LogP) is 1.73. The molecule has 1 aliphatic heterocycles. The highest BCUT2D eigenvalue weighted by molar-refractivity contribution is 6.52. The van der Waals surface area contributed by atoms with Crippen LogP contribution in [0.2, 0.25) is 0 Å². The van der Waals surface area contributed by atoms with Crippen molar-refractivity contribution in [2.24, 2.45) is 0 Å². The number of aromatic nitrogens is 2. The number of nitrogens with zero attached hydrogens (tertiary/aromatic N) is 3. The van der Waals surface area contributed by atoms with Crippen LogP contribution in [0.5, 0.6) is 0 Å². The van der Waals surface area contributed by atoms with Crippen molar-refractivity contribution >= 4 is 17.4 Å². The molecule has 1 aliphatic rings. The molecular weight excluding hydrogens is 254 g/mol. The molecule has 20 heavy (non-hydrogen) atoms. The number of benzene rings is 1. The number of anilines is 1. The number of rotatable bonds is 3. The first-order valence-electron chi connectivity index (χ1n) is 6.51. The third-order valence-corrected chi connectivity index (χ3v) is 3.80. The molecule has 0 spiro atoms. The Morgan fingerprint density at radius 3 is 2.65 bits per heavy atom. The second-order valence-corrected chi connectivity index (χ2v) is 4.99. The molecule has 3 rings (SSSR count). The maximum atomic E-state index is 12.1. The summed E-state index contributed by atoms with van der Waals surface area (Å²) in [6.07, 6.45) is 5.24. The first kappa shape index (κ1) is 12.6. The summed E-state index contributed by atoms with van der Waals surface area (Å²) in [6, 6.07) is 3.63. The average Bonchev–Trinajstić information content (AvgIpc) is 3.02. The monoisotopic (exact) mass is 269 g/mol. The molecule has 1 aromatic carbocycles. The van der Waals surface area contributed by atoms with Crippen LogP contribution in [0.25, 0.3) is 0 Å². The van der Waals surface area contributed by atoms with Gasteiger partial charge in [-0.25, -0.2) is 4.98 Å². The van der Waals surface area contributed by atoms with Gasteiger partial charge >= 0.3 is 0 Å². The van der Waals surface area contributed by atoms with Crippen LogP contribution in [0.3, 0.4) is 0 Å². The van der Waals surface area contributed by atoms with Crippen molar-refractivity contribution in [1.29, 1.82) is 0 Å². The number of hydrogen-bond donors (Lipinski definition) is 0. The van der Waals surface area contributed by atoms with Gasteiger partial charge in [-0.1, -0.05) is 6.07 Å². The lowest BCUT2D eigenvalue weighted by Crippen LogP contribution is -2.33. The van der Waals surface area contributed by atoms with Crippen molar-refractivity contribution in [2.75, 3.05) is 11.4 Å². The molecule has 2 heterocycles. The van der Waals surface area contributed by atoms with Crippen LogP contribution in [-0.4, -0.2) is 27.8 Å². The van der Waals surface area contributed by atoms with Gasteiger partial charge in [-0.15, -0.1) is 0 Å². The van der Waals surface area contributed by atoms with Crippen molar-refractivity contribution in [1.82, 2.24) is 9.55 Å². The van der Waals surface area contributed by atoms with Crippen LogP contribution in [0, 0.1) is 13.8 Å². The minimum atomic E-state index is -0.436. The first-order valence-corrected chi connectivity index (χ1v) is 6.51. The van der Waals surface area contributed by atoms with E-state index in [-0.39, 0.29) is 0 Å². The van der Waals surface area contributed by atoms with Crippen molar-refractivity contribution in [3.63, 3.8) is 0 Å². The van der Waals surface area contributed by atoms with Crippen LogP contribution >= 0.6 is 0 Å². The summed E-state index contributed by atoms with van der Waals surface area (Å²) < 4.78 is 1.89. The van der Waals surface area contributed by atoms with Gasteiger partial charge in [0, 0.05) is 25.5 Å². The molecule has 0 saturated carbocycles. The molecule has 0 aliphatic carbocycles. The number of Topliss-reactive ketones (excluding diaryl/α,β-unsaturated/α-hetero) is 1. The summed E-state index contributed by atoms with van der Waals surface area (Å²) in [5.74, 6) is -0.845. The fourth-order valence-electron chi connectivity index (χ4n) is 2.52. The zero-order chi connectivity index (χ0) is 14.3. The second-order valence-electron chi connectivity index (χ2n) is 4.99. The summed E-state index contributed by atoms with van der Waals surface area (Å²) in [7, 11) is 0.